The second-order valence-corrected chi connectivity index (χ2v) is 7.73. The molecule has 3 rings (SSSR count). The molecule has 2 amide bonds. The summed E-state index contributed by atoms with van der Waals surface area (Å²) < 4.78 is 0. The molecule has 0 unspecified atom stereocenters. The Morgan fingerprint density at radius 2 is 2.08 bits per heavy atom. The van der Waals surface area contributed by atoms with Crippen LogP contribution in [0, 0.1) is 0 Å². The first-order chi connectivity index (χ1) is 11.7. The third-order valence-electron chi connectivity index (χ3n) is 4.68. The van der Waals surface area contributed by atoms with Crippen molar-refractivity contribution in [3.05, 3.63) is 29.8 Å². The minimum absolute atomic E-state index is 0.0571. The molecule has 3 N–H and O–H groups in total. The zero-order valence-electron chi connectivity index (χ0n) is 14.0. The summed E-state index contributed by atoms with van der Waals surface area (Å²) in [7, 11) is 0. The zero-order valence-corrected chi connectivity index (χ0v) is 14.9. The van der Waals surface area contributed by atoms with Gasteiger partial charge in [0.15, 0.2) is 0 Å². The topological polar surface area (TPSA) is 64.6 Å². The van der Waals surface area contributed by atoms with E-state index in [9.17, 15) is 9.90 Å². The minimum Gasteiger partial charge on any atom is -0.390 e. The number of amides is 2. The van der Waals surface area contributed by atoms with Gasteiger partial charge >= 0.3 is 6.03 Å². The highest BCUT2D eigenvalue weighted by Crippen LogP contribution is 2.35. The van der Waals surface area contributed by atoms with Gasteiger partial charge in [-0.1, -0.05) is 24.6 Å². The number of nitrogens with zero attached hydrogens (tertiary/aromatic N) is 1. The predicted octanol–water partition coefficient (Wildman–Crippen LogP) is 2.37. The number of nitrogens with one attached hydrogen (secondary N) is 2. The zero-order chi connectivity index (χ0) is 16.8. The average molecular weight is 350 g/mol. The van der Waals surface area contributed by atoms with Crippen molar-refractivity contribution < 1.29 is 9.90 Å². The van der Waals surface area contributed by atoms with Gasteiger partial charge in [0, 0.05) is 23.7 Å². The van der Waals surface area contributed by atoms with E-state index in [1.807, 2.05) is 23.9 Å². The molecule has 0 aromatic heterocycles. The first kappa shape index (κ1) is 17.6. The Hall–Kier alpha value is -1.24. The van der Waals surface area contributed by atoms with Gasteiger partial charge in [-0.25, -0.2) is 4.79 Å². The van der Waals surface area contributed by atoms with Crippen molar-refractivity contribution in [3.63, 3.8) is 0 Å². The summed E-state index contributed by atoms with van der Waals surface area (Å²) in [5.74, 6) is 1.01. The molecule has 24 heavy (non-hydrogen) atoms. The van der Waals surface area contributed by atoms with Crippen LogP contribution in [0.4, 0.5) is 4.79 Å². The average Bonchev–Trinajstić information content (AvgIpc) is 2.61. The van der Waals surface area contributed by atoms with Crippen molar-refractivity contribution in [2.24, 2.45) is 0 Å². The first-order valence-electron chi connectivity index (χ1n) is 8.89. The van der Waals surface area contributed by atoms with Crippen molar-refractivity contribution in [2.45, 2.75) is 42.7 Å². The van der Waals surface area contributed by atoms with E-state index >= 15 is 0 Å². The molecular formula is C18H27N3O2S. The molecule has 0 radical (unpaired) electrons. The summed E-state index contributed by atoms with van der Waals surface area (Å²) in [4.78, 5) is 15.7. The van der Waals surface area contributed by atoms with Gasteiger partial charge < -0.3 is 20.6 Å². The lowest BCUT2D eigenvalue weighted by Crippen LogP contribution is -2.45. The quantitative estimate of drug-likeness (QED) is 0.764. The molecule has 132 valence electrons. The number of carbonyl (C=O) groups is 1. The maximum atomic E-state index is 12.2. The number of urea groups is 1. The maximum absolute atomic E-state index is 12.2. The Labute approximate surface area is 148 Å². The summed E-state index contributed by atoms with van der Waals surface area (Å²) in [6.45, 7) is 3.05. The van der Waals surface area contributed by atoms with Gasteiger partial charge in [0.25, 0.3) is 0 Å². The van der Waals surface area contributed by atoms with Crippen LogP contribution in [0.1, 0.15) is 37.3 Å². The van der Waals surface area contributed by atoms with Crippen LogP contribution in [-0.4, -0.2) is 54.1 Å². The molecule has 0 aliphatic carbocycles. The number of hydrogen-bond acceptors (Lipinski definition) is 4. The maximum Gasteiger partial charge on any atom is 0.315 e. The van der Waals surface area contributed by atoms with E-state index in [0.717, 1.165) is 25.3 Å². The Bertz CT molecular complexity index is 549. The van der Waals surface area contributed by atoms with E-state index in [0.29, 0.717) is 13.1 Å². The number of β-amino-alcohol motifs (C(OH)–C–C–N with tert-alkyl or cyclic N) is 1. The van der Waals surface area contributed by atoms with Gasteiger partial charge in [-0.2, -0.15) is 0 Å². The highest BCUT2D eigenvalue weighted by atomic mass is 32.2. The minimum atomic E-state index is -0.511. The molecule has 2 aliphatic rings. The van der Waals surface area contributed by atoms with Crippen molar-refractivity contribution in [2.75, 3.05) is 31.9 Å². The van der Waals surface area contributed by atoms with Gasteiger partial charge in [-0.15, -0.1) is 11.8 Å². The van der Waals surface area contributed by atoms with E-state index in [-0.39, 0.29) is 12.1 Å². The van der Waals surface area contributed by atoms with E-state index in [2.05, 4.69) is 27.7 Å². The number of fused-ring (bicyclic) bond motifs is 1. The fourth-order valence-electron chi connectivity index (χ4n) is 3.42. The molecule has 6 heteroatoms. The Balaban J connectivity index is 1.43. The molecule has 1 aromatic carbocycles. The number of thioether (sulfide) groups is 1. The molecule has 0 saturated carbocycles. The molecule has 0 spiro atoms. The lowest BCUT2D eigenvalue weighted by molar-refractivity contribution is 0.101. The van der Waals surface area contributed by atoms with Gasteiger partial charge in [-0.3, -0.25) is 0 Å². The first-order valence-corrected chi connectivity index (χ1v) is 9.87. The molecule has 1 saturated heterocycles. The third-order valence-corrected chi connectivity index (χ3v) is 5.80. The highest BCUT2D eigenvalue weighted by Gasteiger charge is 2.22. The van der Waals surface area contributed by atoms with Crippen molar-refractivity contribution in [3.8, 4) is 0 Å². The molecule has 2 aliphatic heterocycles. The smallest absolute Gasteiger partial charge is 0.315 e. The Morgan fingerprint density at radius 3 is 2.92 bits per heavy atom. The number of aliphatic hydroxyl groups excluding tert-OH is 1. The van der Waals surface area contributed by atoms with Gasteiger partial charge in [-0.05, 0) is 44.0 Å². The van der Waals surface area contributed by atoms with Crippen LogP contribution < -0.4 is 10.6 Å². The summed E-state index contributed by atoms with van der Waals surface area (Å²) in [5.41, 5.74) is 1.19. The van der Waals surface area contributed by atoms with Crippen LogP contribution in [0.15, 0.2) is 29.2 Å². The fourth-order valence-corrected chi connectivity index (χ4v) is 4.54. The van der Waals surface area contributed by atoms with Crippen LogP contribution in [0.3, 0.4) is 0 Å². The van der Waals surface area contributed by atoms with E-state index < -0.39 is 6.10 Å². The van der Waals surface area contributed by atoms with Gasteiger partial charge in [0.2, 0.25) is 0 Å². The number of likely N-dealkylation sites (tertiary alicyclic amines) is 1. The molecular weight excluding hydrogens is 322 g/mol. The summed E-state index contributed by atoms with van der Waals surface area (Å²) >= 11 is 1.84. The monoisotopic (exact) mass is 349 g/mol. The molecule has 1 fully saturated rings. The molecule has 1 aromatic rings. The third kappa shape index (κ3) is 4.88. The predicted molar refractivity (Wildman–Crippen MR) is 97.4 cm³/mol. The second-order valence-electron chi connectivity index (χ2n) is 6.60. The summed E-state index contributed by atoms with van der Waals surface area (Å²) in [6.07, 6.45) is 4.13. The van der Waals surface area contributed by atoms with E-state index in [4.69, 9.17) is 0 Å². The number of hydrogen-bond donors (Lipinski definition) is 3. The molecule has 2 heterocycles. The van der Waals surface area contributed by atoms with Crippen LogP contribution in [0.25, 0.3) is 0 Å². The Morgan fingerprint density at radius 1 is 1.29 bits per heavy atom. The van der Waals surface area contributed by atoms with Crippen molar-refractivity contribution in [1.29, 1.82) is 0 Å². The molecule has 5 nitrogen and oxygen atoms in total. The van der Waals surface area contributed by atoms with Gasteiger partial charge in [0.1, 0.15) is 0 Å². The molecule has 2 atom stereocenters. The second kappa shape index (κ2) is 8.74. The van der Waals surface area contributed by atoms with Crippen LogP contribution in [0.5, 0.6) is 0 Å². The largest absolute Gasteiger partial charge is 0.390 e. The summed E-state index contributed by atoms with van der Waals surface area (Å²) in [5, 5.41) is 16.0. The van der Waals surface area contributed by atoms with Crippen molar-refractivity contribution in [1.82, 2.24) is 15.5 Å². The number of rotatable bonds is 5. The van der Waals surface area contributed by atoms with Crippen molar-refractivity contribution >= 4 is 17.8 Å². The summed E-state index contributed by atoms with van der Waals surface area (Å²) in [6, 6.07) is 8.09. The van der Waals surface area contributed by atoms with Gasteiger partial charge in [0.05, 0.1) is 12.1 Å². The number of piperidine rings is 1. The standard InChI is InChI=1S/C18H27N3O2S/c22-14(13-21-9-4-1-5-10-21)12-19-18(23)20-16-8-11-24-17-7-3-2-6-15(16)17/h2-3,6-7,14,16,22H,1,4-5,8-13H2,(H2,19,20,23)/t14-,16+/m0/s1. The number of aliphatic hydroxyl groups is 1. The molecule has 0 bridgehead atoms. The number of benzene rings is 1. The van der Waals surface area contributed by atoms with Crippen LogP contribution in [-0.2, 0) is 0 Å². The lowest BCUT2D eigenvalue weighted by atomic mass is 10.0. The Kier molecular flexibility index (Phi) is 6.40. The van der Waals surface area contributed by atoms with E-state index in [1.54, 1.807) is 0 Å². The normalized spacial score (nSPS) is 22.5. The van der Waals surface area contributed by atoms with Crippen LogP contribution in [0.2, 0.25) is 0 Å². The van der Waals surface area contributed by atoms with Crippen LogP contribution >= 0.6 is 11.8 Å². The number of carbonyl (C=O) groups excluding carboxylic acids is 1. The SMILES string of the molecule is O=C(NC[C@H](O)CN1CCCCC1)N[C@@H]1CCSc2ccccc21. The lowest BCUT2D eigenvalue weighted by Gasteiger charge is -2.29. The highest BCUT2D eigenvalue weighted by molar-refractivity contribution is 7.99. The van der Waals surface area contributed by atoms with E-state index in [1.165, 1.54) is 29.7 Å². The fraction of sp³-hybridized carbons (Fsp3) is 0.611.